The number of rotatable bonds is 6. The van der Waals surface area contributed by atoms with E-state index >= 15 is 0 Å². The summed E-state index contributed by atoms with van der Waals surface area (Å²) >= 11 is 6.11. The lowest BCUT2D eigenvalue weighted by Gasteiger charge is -2.18. The molecule has 0 aromatic heterocycles. The molecule has 2 aromatic carbocycles. The van der Waals surface area contributed by atoms with Crippen LogP contribution >= 0.6 is 11.6 Å². The Morgan fingerprint density at radius 1 is 1.07 bits per heavy atom. The van der Waals surface area contributed by atoms with Crippen molar-refractivity contribution in [2.75, 3.05) is 13.1 Å². The van der Waals surface area contributed by atoms with E-state index < -0.39 is 16.0 Å². The molecular formula is C20H19ClN2O4S. The van der Waals surface area contributed by atoms with Crippen LogP contribution in [0, 0.1) is 0 Å². The van der Waals surface area contributed by atoms with Gasteiger partial charge in [0.2, 0.25) is 15.9 Å². The molecule has 28 heavy (non-hydrogen) atoms. The van der Waals surface area contributed by atoms with Gasteiger partial charge in [-0.1, -0.05) is 43.6 Å². The third-order valence-electron chi connectivity index (χ3n) is 4.26. The Bertz CT molecular complexity index is 1060. The van der Waals surface area contributed by atoms with Gasteiger partial charge in [0.1, 0.15) is 0 Å². The van der Waals surface area contributed by atoms with Crippen LogP contribution in [-0.4, -0.2) is 37.7 Å². The normalized spacial score (nSPS) is 15.8. The zero-order chi connectivity index (χ0) is 20.3. The second-order valence-corrected chi connectivity index (χ2v) is 8.32. The fraction of sp³-hybridized carbons (Fsp3) is 0.200. The molecule has 0 N–H and O–H groups in total. The third-order valence-corrected chi connectivity index (χ3v) is 6.67. The summed E-state index contributed by atoms with van der Waals surface area (Å²) in [5, 5.41) is 0.498. The maximum atomic E-state index is 12.6. The standard InChI is InChI=1S/C20H19ClN2O4S/c1-3-23(4-2)28(25,26)16-11-9-14(10-12-16)19-22-18(20(24)27-19)13-15-7-5-6-8-17(15)21/h5-13H,3-4H2,1-2H3/b18-13-. The van der Waals surface area contributed by atoms with Gasteiger partial charge in [0.15, 0.2) is 5.70 Å². The van der Waals surface area contributed by atoms with Crippen molar-refractivity contribution < 1.29 is 17.9 Å². The Balaban J connectivity index is 1.89. The number of nitrogens with zero attached hydrogens (tertiary/aromatic N) is 2. The van der Waals surface area contributed by atoms with E-state index in [1.807, 2.05) is 0 Å². The van der Waals surface area contributed by atoms with Crippen LogP contribution in [0.1, 0.15) is 25.0 Å². The molecule has 0 amide bonds. The van der Waals surface area contributed by atoms with Gasteiger partial charge in [-0.15, -0.1) is 0 Å². The van der Waals surface area contributed by atoms with Crippen molar-refractivity contribution in [2.24, 2.45) is 4.99 Å². The molecule has 6 nitrogen and oxygen atoms in total. The van der Waals surface area contributed by atoms with E-state index in [0.29, 0.717) is 29.2 Å². The number of ether oxygens (including phenoxy) is 1. The Hall–Kier alpha value is -2.48. The van der Waals surface area contributed by atoms with Gasteiger partial charge >= 0.3 is 5.97 Å². The lowest BCUT2D eigenvalue weighted by molar-refractivity contribution is -0.129. The predicted octanol–water partition coefficient (Wildman–Crippen LogP) is 3.72. The number of hydrogen-bond acceptors (Lipinski definition) is 5. The minimum Gasteiger partial charge on any atom is -0.402 e. The highest BCUT2D eigenvalue weighted by Gasteiger charge is 2.26. The van der Waals surface area contributed by atoms with Crippen molar-refractivity contribution in [3.63, 3.8) is 0 Å². The largest absolute Gasteiger partial charge is 0.402 e. The van der Waals surface area contributed by atoms with Crippen LogP contribution in [0.15, 0.2) is 64.1 Å². The predicted molar refractivity (Wildman–Crippen MR) is 109 cm³/mol. The minimum atomic E-state index is -3.55. The Labute approximate surface area is 169 Å². The first kappa shape index (κ1) is 20.3. The first-order chi connectivity index (χ1) is 13.4. The summed E-state index contributed by atoms with van der Waals surface area (Å²) in [7, 11) is -3.55. The van der Waals surface area contributed by atoms with Gasteiger partial charge in [-0.25, -0.2) is 18.2 Å². The first-order valence-electron chi connectivity index (χ1n) is 8.74. The van der Waals surface area contributed by atoms with E-state index in [1.54, 1.807) is 56.3 Å². The molecule has 0 atom stereocenters. The summed E-state index contributed by atoms with van der Waals surface area (Å²) in [6.45, 7) is 4.35. The smallest absolute Gasteiger partial charge is 0.363 e. The zero-order valence-electron chi connectivity index (χ0n) is 15.4. The van der Waals surface area contributed by atoms with E-state index in [4.69, 9.17) is 16.3 Å². The molecule has 1 heterocycles. The summed E-state index contributed by atoms with van der Waals surface area (Å²) in [5.41, 5.74) is 1.29. The molecule has 0 saturated heterocycles. The van der Waals surface area contributed by atoms with Gasteiger partial charge in [0, 0.05) is 23.7 Å². The van der Waals surface area contributed by atoms with Crippen molar-refractivity contribution in [3.05, 3.63) is 70.4 Å². The maximum absolute atomic E-state index is 12.6. The third kappa shape index (κ3) is 4.01. The van der Waals surface area contributed by atoms with E-state index in [0.717, 1.165) is 0 Å². The molecule has 0 fully saturated rings. The van der Waals surface area contributed by atoms with E-state index in [-0.39, 0.29) is 16.5 Å². The number of halogens is 1. The highest BCUT2D eigenvalue weighted by molar-refractivity contribution is 7.89. The molecule has 146 valence electrons. The zero-order valence-corrected chi connectivity index (χ0v) is 17.0. The lowest BCUT2D eigenvalue weighted by Crippen LogP contribution is -2.30. The monoisotopic (exact) mass is 418 g/mol. The second-order valence-electron chi connectivity index (χ2n) is 5.97. The molecule has 2 aromatic rings. The minimum absolute atomic E-state index is 0.120. The van der Waals surface area contributed by atoms with Gasteiger partial charge in [-0.3, -0.25) is 0 Å². The Morgan fingerprint density at radius 2 is 1.71 bits per heavy atom. The summed E-state index contributed by atoms with van der Waals surface area (Å²) in [4.78, 5) is 16.5. The molecule has 1 aliphatic heterocycles. The van der Waals surface area contributed by atoms with Crippen molar-refractivity contribution in [2.45, 2.75) is 18.7 Å². The van der Waals surface area contributed by atoms with Gasteiger partial charge in [0.25, 0.3) is 0 Å². The van der Waals surface area contributed by atoms with Crippen LogP contribution in [0.25, 0.3) is 6.08 Å². The highest BCUT2D eigenvalue weighted by atomic mass is 35.5. The Kier molecular flexibility index (Phi) is 5.98. The van der Waals surface area contributed by atoms with Crippen LogP contribution < -0.4 is 0 Å². The van der Waals surface area contributed by atoms with E-state index in [1.165, 1.54) is 16.4 Å². The summed E-state index contributed by atoms with van der Waals surface area (Å²) in [5.74, 6) is -0.468. The molecule has 0 bridgehead atoms. The fourth-order valence-electron chi connectivity index (χ4n) is 2.75. The molecular weight excluding hydrogens is 400 g/mol. The van der Waals surface area contributed by atoms with Crippen molar-refractivity contribution in [3.8, 4) is 0 Å². The van der Waals surface area contributed by atoms with Gasteiger partial charge in [-0.05, 0) is 42.0 Å². The summed E-state index contributed by atoms with van der Waals surface area (Å²) in [6, 6.07) is 13.2. The maximum Gasteiger partial charge on any atom is 0.363 e. The quantitative estimate of drug-likeness (QED) is 0.529. The molecule has 1 aliphatic rings. The molecule has 0 radical (unpaired) electrons. The average molecular weight is 419 g/mol. The summed E-state index contributed by atoms with van der Waals surface area (Å²) < 4.78 is 31.7. The van der Waals surface area contributed by atoms with Crippen LogP contribution in [-0.2, 0) is 19.6 Å². The fourth-order valence-corrected chi connectivity index (χ4v) is 4.40. The molecule has 0 aliphatic carbocycles. The number of benzene rings is 2. The molecule has 0 spiro atoms. The molecule has 3 rings (SSSR count). The Morgan fingerprint density at radius 3 is 2.32 bits per heavy atom. The first-order valence-corrected chi connectivity index (χ1v) is 10.6. The number of aliphatic imine (C=N–C) groups is 1. The van der Waals surface area contributed by atoms with Crippen LogP contribution in [0.4, 0.5) is 0 Å². The average Bonchev–Trinajstić information content (AvgIpc) is 3.05. The van der Waals surface area contributed by atoms with Crippen LogP contribution in [0.5, 0.6) is 0 Å². The van der Waals surface area contributed by atoms with Gasteiger partial charge in [0.05, 0.1) is 4.90 Å². The van der Waals surface area contributed by atoms with Crippen molar-refractivity contribution in [1.29, 1.82) is 0 Å². The van der Waals surface area contributed by atoms with Crippen LogP contribution in [0.3, 0.4) is 0 Å². The lowest BCUT2D eigenvalue weighted by atomic mass is 10.2. The highest BCUT2D eigenvalue weighted by Crippen LogP contribution is 2.24. The summed E-state index contributed by atoms with van der Waals surface area (Å²) in [6.07, 6.45) is 1.55. The number of sulfonamides is 1. The topological polar surface area (TPSA) is 76.0 Å². The number of cyclic esters (lactones) is 1. The van der Waals surface area contributed by atoms with Crippen molar-refractivity contribution in [1.82, 2.24) is 4.31 Å². The SMILES string of the molecule is CCN(CC)S(=O)(=O)c1ccc(C2=N/C(=C\c3ccccc3Cl)C(=O)O2)cc1. The van der Waals surface area contributed by atoms with Crippen LogP contribution in [0.2, 0.25) is 5.02 Å². The number of hydrogen-bond donors (Lipinski definition) is 0. The second kappa shape index (κ2) is 8.26. The number of carbonyl (C=O) groups is 1. The van der Waals surface area contributed by atoms with Gasteiger partial charge < -0.3 is 4.74 Å². The van der Waals surface area contributed by atoms with E-state index in [9.17, 15) is 13.2 Å². The van der Waals surface area contributed by atoms with E-state index in [2.05, 4.69) is 4.99 Å². The molecule has 0 unspecified atom stereocenters. The number of esters is 1. The molecule has 8 heteroatoms. The number of carbonyl (C=O) groups excluding carboxylic acids is 1. The molecule has 0 saturated carbocycles. The van der Waals surface area contributed by atoms with Gasteiger partial charge in [-0.2, -0.15) is 4.31 Å². The van der Waals surface area contributed by atoms with Crippen molar-refractivity contribution >= 4 is 39.6 Å².